The summed E-state index contributed by atoms with van der Waals surface area (Å²) in [5, 5.41) is 7.69. The minimum Gasteiger partial charge on any atom is -0.294 e. The fourth-order valence-corrected chi connectivity index (χ4v) is 2.22. The number of halogens is 2. The lowest BCUT2D eigenvalue weighted by Gasteiger charge is -2.09. The normalized spacial score (nSPS) is 15.1. The summed E-state index contributed by atoms with van der Waals surface area (Å²) in [6, 6.07) is 3.70. The second-order valence-electron chi connectivity index (χ2n) is 4.62. The van der Waals surface area contributed by atoms with Crippen LogP contribution >= 0.6 is 0 Å². The van der Waals surface area contributed by atoms with Crippen molar-refractivity contribution >= 4 is 11.7 Å². The molecule has 1 aromatic carbocycles. The van der Waals surface area contributed by atoms with Crippen LogP contribution in [-0.4, -0.2) is 27.4 Å². The van der Waals surface area contributed by atoms with E-state index in [-0.39, 0.29) is 18.0 Å². The lowest BCUT2D eigenvalue weighted by molar-refractivity contribution is -0.117. The highest BCUT2D eigenvalue weighted by Crippen LogP contribution is 2.19. The van der Waals surface area contributed by atoms with Crippen LogP contribution in [0.15, 0.2) is 24.4 Å². The van der Waals surface area contributed by atoms with Gasteiger partial charge in [-0.25, -0.2) is 13.5 Å². The van der Waals surface area contributed by atoms with E-state index in [1.54, 1.807) is 0 Å². The molecule has 2 heterocycles. The molecule has 0 N–H and O–H groups in total. The Bertz CT molecular complexity index is 635. The average molecular weight is 278 g/mol. The van der Waals surface area contributed by atoms with Crippen molar-refractivity contribution in [1.82, 2.24) is 15.0 Å². The minimum absolute atomic E-state index is 0.00544. The van der Waals surface area contributed by atoms with E-state index in [4.69, 9.17) is 0 Å². The predicted molar refractivity (Wildman–Crippen MR) is 67.1 cm³/mol. The van der Waals surface area contributed by atoms with Gasteiger partial charge >= 0.3 is 0 Å². The molecule has 0 aliphatic carbocycles. The Morgan fingerprint density at radius 3 is 2.65 bits per heavy atom. The number of carbonyl (C=O) groups is 1. The van der Waals surface area contributed by atoms with Crippen molar-refractivity contribution in [2.45, 2.75) is 19.4 Å². The van der Waals surface area contributed by atoms with Crippen LogP contribution in [0.2, 0.25) is 0 Å². The van der Waals surface area contributed by atoms with Crippen molar-refractivity contribution in [2.24, 2.45) is 0 Å². The van der Waals surface area contributed by atoms with Gasteiger partial charge in [0.25, 0.3) is 0 Å². The first kappa shape index (κ1) is 12.7. The number of carbonyl (C=O) groups excluding carboxylic acids is 1. The van der Waals surface area contributed by atoms with Crippen molar-refractivity contribution in [3.05, 3.63) is 41.6 Å². The van der Waals surface area contributed by atoms with Crippen molar-refractivity contribution in [3.8, 4) is 0 Å². The lowest BCUT2D eigenvalue weighted by atomic mass is 10.2. The third-order valence-corrected chi connectivity index (χ3v) is 3.26. The third-order valence-electron chi connectivity index (χ3n) is 3.26. The number of benzene rings is 1. The van der Waals surface area contributed by atoms with E-state index in [1.165, 1.54) is 34.0 Å². The molecule has 0 radical (unpaired) electrons. The van der Waals surface area contributed by atoms with Gasteiger partial charge in [0.1, 0.15) is 11.6 Å². The SMILES string of the molecule is O=C1CCCN1c1cn(Cc2c(F)cccc2F)nn1. The van der Waals surface area contributed by atoms with Crippen molar-refractivity contribution in [2.75, 3.05) is 11.4 Å². The van der Waals surface area contributed by atoms with Gasteiger partial charge in [-0.2, -0.15) is 0 Å². The van der Waals surface area contributed by atoms with Crippen molar-refractivity contribution in [3.63, 3.8) is 0 Å². The molecule has 104 valence electrons. The Morgan fingerprint density at radius 2 is 2.00 bits per heavy atom. The molecular weight excluding hydrogens is 266 g/mol. The molecule has 1 fully saturated rings. The maximum absolute atomic E-state index is 13.5. The summed E-state index contributed by atoms with van der Waals surface area (Å²) in [5.74, 6) is -0.836. The Labute approximate surface area is 113 Å². The maximum Gasteiger partial charge on any atom is 0.228 e. The van der Waals surface area contributed by atoms with E-state index in [2.05, 4.69) is 10.3 Å². The lowest BCUT2D eigenvalue weighted by Crippen LogP contribution is -2.23. The van der Waals surface area contributed by atoms with Crippen LogP contribution in [0.4, 0.5) is 14.6 Å². The van der Waals surface area contributed by atoms with E-state index in [1.807, 2.05) is 0 Å². The minimum atomic E-state index is -0.626. The number of amides is 1. The van der Waals surface area contributed by atoms with Gasteiger partial charge in [0, 0.05) is 18.5 Å². The zero-order valence-corrected chi connectivity index (χ0v) is 10.6. The standard InChI is InChI=1S/C13H12F2N4O/c14-10-3-1-4-11(15)9(10)7-18-8-12(16-17-18)19-6-2-5-13(19)20/h1,3-4,8H,2,5-7H2. The first-order chi connectivity index (χ1) is 9.65. The van der Waals surface area contributed by atoms with E-state index in [0.29, 0.717) is 18.8 Å². The monoisotopic (exact) mass is 278 g/mol. The third kappa shape index (κ3) is 2.26. The van der Waals surface area contributed by atoms with Gasteiger partial charge in [0.05, 0.1) is 12.7 Å². The number of anilines is 1. The van der Waals surface area contributed by atoms with Crippen LogP contribution in [0.25, 0.3) is 0 Å². The van der Waals surface area contributed by atoms with Crippen LogP contribution in [0.3, 0.4) is 0 Å². The van der Waals surface area contributed by atoms with E-state index in [0.717, 1.165) is 6.42 Å². The Morgan fingerprint density at radius 1 is 1.25 bits per heavy atom. The highest BCUT2D eigenvalue weighted by Gasteiger charge is 2.24. The molecule has 0 spiro atoms. The van der Waals surface area contributed by atoms with Crippen LogP contribution < -0.4 is 4.90 Å². The smallest absolute Gasteiger partial charge is 0.228 e. The Balaban J connectivity index is 1.82. The molecule has 5 nitrogen and oxygen atoms in total. The second kappa shape index (κ2) is 4.99. The molecule has 7 heteroatoms. The number of hydrogen-bond acceptors (Lipinski definition) is 3. The molecule has 1 amide bonds. The number of rotatable bonds is 3. The molecule has 0 saturated carbocycles. The molecule has 0 unspecified atom stereocenters. The summed E-state index contributed by atoms with van der Waals surface area (Å²) < 4.78 is 28.4. The van der Waals surface area contributed by atoms with E-state index in [9.17, 15) is 13.6 Å². The molecule has 1 aliphatic heterocycles. The molecule has 2 aromatic rings. The summed E-state index contributed by atoms with van der Waals surface area (Å²) in [5.41, 5.74) is -0.0725. The summed E-state index contributed by atoms with van der Waals surface area (Å²) in [4.78, 5) is 13.1. The van der Waals surface area contributed by atoms with Gasteiger partial charge in [-0.15, -0.1) is 5.10 Å². The highest BCUT2D eigenvalue weighted by atomic mass is 19.1. The van der Waals surface area contributed by atoms with Crippen LogP contribution in [-0.2, 0) is 11.3 Å². The molecule has 1 aliphatic rings. The average Bonchev–Trinajstić information content (AvgIpc) is 3.02. The summed E-state index contributed by atoms with van der Waals surface area (Å²) in [7, 11) is 0. The summed E-state index contributed by atoms with van der Waals surface area (Å²) in [6.07, 6.45) is 2.80. The number of hydrogen-bond donors (Lipinski definition) is 0. The van der Waals surface area contributed by atoms with Crippen LogP contribution in [0.5, 0.6) is 0 Å². The zero-order valence-electron chi connectivity index (χ0n) is 10.6. The molecule has 1 aromatic heterocycles. The number of nitrogens with zero attached hydrogens (tertiary/aromatic N) is 4. The van der Waals surface area contributed by atoms with Crippen LogP contribution in [0, 0.1) is 11.6 Å². The topological polar surface area (TPSA) is 51.0 Å². The molecular formula is C13H12F2N4O. The van der Waals surface area contributed by atoms with Gasteiger partial charge < -0.3 is 0 Å². The van der Waals surface area contributed by atoms with Crippen LogP contribution in [0.1, 0.15) is 18.4 Å². The van der Waals surface area contributed by atoms with E-state index < -0.39 is 11.6 Å². The Hall–Kier alpha value is -2.31. The van der Waals surface area contributed by atoms with Crippen molar-refractivity contribution < 1.29 is 13.6 Å². The van der Waals surface area contributed by atoms with Gasteiger partial charge in [0.2, 0.25) is 5.91 Å². The predicted octanol–water partition coefficient (Wildman–Crippen LogP) is 1.73. The molecule has 3 rings (SSSR count). The van der Waals surface area contributed by atoms with Crippen molar-refractivity contribution in [1.29, 1.82) is 0 Å². The first-order valence-electron chi connectivity index (χ1n) is 6.28. The van der Waals surface area contributed by atoms with E-state index >= 15 is 0 Å². The van der Waals surface area contributed by atoms with Gasteiger partial charge in [-0.1, -0.05) is 11.3 Å². The van der Waals surface area contributed by atoms with Gasteiger partial charge in [-0.3, -0.25) is 9.69 Å². The summed E-state index contributed by atoms with van der Waals surface area (Å²) in [6.45, 7) is 0.541. The summed E-state index contributed by atoms with van der Waals surface area (Å²) >= 11 is 0. The molecule has 0 bridgehead atoms. The molecule has 20 heavy (non-hydrogen) atoms. The first-order valence-corrected chi connectivity index (χ1v) is 6.28. The Kier molecular flexibility index (Phi) is 3.17. The fourth-order valence-electron chi connectivity index (χ4n) is 2.22. The molecule has 1 saturated heterocycles. The quantitative estimate of drug-likeness (QED) is 0.859. The van der Waals surface area contributed by atoms with Gasteiger partial charge in [-0.05, 0) is 18.6 Å². The fraction of sp³-hybridized carbons (Fsp3) is 0.308. The second-order valence-corrected chi connectivity index (χ2v) is 4.62. The molecule has 0 atom stereocenters. The number of aromatic nitrogens is 3. The van der Waals surface area contributed by atoms with Gasteiger partial charge in [0.15, 0.2) is 5.82 Å². The largest absolute Gasteiger partial charge is 0.294 e. The highest BCUT2D eigenvalue weighted by molar-refractivity contribution is 5.94. The maximum atomic E-state index is 13.5. The zero-order chi connectivity index (χ0) is 14.1.